The van der Waals surface area contributed by atoms with Crippen LogP contribution in [0.25, 0.3) is 5.32 Å². The predicted octanol–water partition coefficient (Wildman–Crippen LogP) is 7.18. The van der Waals surface area contributed by atoms with E-state index in [-0.39, 0.29) is 29.9 Å². The first kappa shape index (κ1) is 31.4. The van der Waals surface area contributed by atoms with Crippen molar-refractivity contribution in [1.82, 2.24) is 0 Å². The van der Waals surface area contributed by atoms with Crippen molar-refractivity contribution in [3.8, 4) is 0 Å². The van der Waals surface area contributed by atoms with E-state index in [0.29, 0.717) is 0 Å². The Hall–Kier alpha value is -2.83. The molecule has 0 spiro atoms. The van der Waals surface area contributed by atoms with Crippen molar-refractivity contribution in [2.45, 2.75) is 37.8 Å². The van der Waals surface area contributed by atoms with E-state index in [4.69, 9.17) is 16.4 Å². The van der Waals surface area contributed by atoms with Gasteiger partial charge in [0.15, 0.2) is 0 Å². The molecule has 4 rings (SSSR count). The number of benzene rings is 4. The van der Waals surface area contributed by atoms with Gasteiger partial charge in [0.25, 0.3) is 9.05 Å². The van der Waals surface area contributed by atoms with E-state index in [1.165, 1.54) is 41.0 Å². The van der Waals surface area contributed by atoms with Crippen LogP contribution >= 0.6 is 10.7 Å². The van der Waals surface area contributed by atoms with Crippen LogP contribution in [0.3, 0.4) is 0 Å². The second-order valence-electron chi connectivity index (χ2n) is 8.85. The molecule has 1 amide bonds. The second kappa shape index (κ2) is 14.4. The average Bonchev–Trinajstić information content (AvgIpc) is 2.87. The summed E-state index contributed by atoms with van der Waals surface area (Å²) in [5.41, 5.74) is 12.4. The number of halogens is 1. The summed E-state index contributed by atoms with van der Waals surface area (Å²) in [5.74, 6) is -0.487. The van der Waals surface area contributed by atoms with Crippen molar-refractivity contribution in [2.24, 2.45) is 5.73 Å². The van der Waals surface area contributed by atoms with Crippen molar-refractivity contribution in [2.75, 3.05) is 0 Å². The molecule has 0 saturated heterocycles. The van der Waals surface area contributed by atoms with Crippen LogP contribution in [0.1, 0.15) is 50.3 Å². The quantitative estimate of drug-likeness (QED) is 0.180. The van der Waals surface area contributed by atoms with Gasteiger partial charge in [0.1, 0.15) is 0 Å². The van der Waals surface area contributed by atoms with E-state index >= 15 is 0 Å². The number of nitrogens with zero attached hydrogens (tertiary/aromatic N) is 1. The van der Waals surface area contributed by atoms with Gasteiger partial charge < -0.3 is 15.8 Å². The fourth-order valence-electron chi connectivity index (χ4n) is 4.03. The Balaban J connectivity index is 0.000000430. The van der Waals surface area contributed by atoms with Gasteiger partial charge >= 0.3 is 19.5 Å². The van der Waals surface area contributed by atoms with Crippen LogP contribution in [0.5, 0.6) is 0 Å². The van der Waals surface area contributed by atoms with Crippen molar-refractivity contribution < 1.29 is 32.7 Å². The zero-order chi connectivity index (χ0) is 27.0. The summed E-state index contributed by atoms with van der Waals surface area (Å²) < 4.78 is 22.7. The molecule has 2 N–H and O–H groups in total. The minimum absolute atomic E-state index is 0. The van der Waals surface area contributed by atoms with Crippen LogP contribution in [0.4, 0.5) is 0 Å². The smallest absolute Gasteiger partial charge is 0.641 e. The summed E-state index contributed by atoms with van der Waals surface area (Å²) in [6, 6.07) is 29.5. The minimum Gasteiger partial charge on any atom is -0.641 e. The third-order valence-electron chi connectivity index (χ3n) is 5.67. The van der Waals surface area contributed by atoms with Crippen LogP contribution in [0.15, 0.2) is 108 Å². The molecule has 199 valence electrons. The maximum absolute atomic E-state index is 12.7. The van der Waals surface area contributed by atoms with Crippen LogP contribution in [-0.4, -0.2) is 14.3 Å². The summed E-state index contributed by atoms with van der Waals surface area (Å²) in [6.45, 7) is 6.38. The number of amides is 1. The number of hydrogen-bond acceptors (Lipinski definition) is 4. The minimum atomic E-state index is -3.85. The van der Waals surface area contributed by atoms with Gasteiger partial charge in [-0.05, 0) is 44.0 Å². The molecule has 0 aliphatic heterocycles. The number of hydrogen-bond donors (Lipinski definition) is 1. The summed E-state index contributed by atoms with van der Waals surface area (Å²) in [4.78, 5) is 12.6. The Bertz CT molecular complexity index is 1380. The number of nitrogens with two attached hydrogens (primary N) is 1. The van der Waals surface area contributed by atoms with Crippen LogP contribution < -0.4 is 5.73 Å². The molecule has 0 aliphatic rings. The standard InChI is InChI=1S/C21H19ClN2O3S.C9H12.Ru/c22-28(26,27)18-13-11-17(12-14-18)21(25)24-20(16-9-5-2-6-10-16)19(23)15-7-3-1-4-8-15;1-7-4-8(2)6-9(3)5-7;/h1-14,19-20H,23H2,(H,24,25);4-6H,1-3H3;/q;;+1/p-1/t19-,20-;;/m1../s1. The fourth-order valence-corrected chi connectivity index (χ4v) is 4.80. The number of carbonyl (C=O) groups is 1. The molecular formula is C30H30ClN2O3RuS. The molecule has 2 atom stereocenters. The molecule has 1 radical (unpaired) electrons. The van der Waals surface area contributed by atoms with Crippen molar-refractivity contribution >= 4 is 25.6 Å². The largest absolute Gasteiger partial charge is 1.00 e. The van der Waals surface area contributed by atoms with E-state index in [9.17, 15) is 13.2 Å². The zero-order valence-corrected chi connectivity index (χ0v) is 24.7. The average molecular weight is 635 g/mol. The van der Waals surface area contributed by atoms with Gasteiger partial charge in [0.05, 0.1) is 10.8 Å². The van der Waals surface area contributed by atoms with Crippen molar-refractivity contribution in [1.29, 1.82) is 0 Å². The van der Waals surface area contributed by atoms with Crippen molar-refractivity contribution in [3.05, 3.63) is 142 Å². The maximum Gasteiger partial charge on any atom is 1.00 e. The van der Waals surface area contributed by atoms with E-state index in [0.717, 1.165) is 11.1 Å². The van der Waals surface area contributed by atoms with Gasteiger partial charge in [-0.15, -0.1) is 0 Å². The number of aryl methyl sites for hydroxylation is 3. The van der Waals surface area contributed by atoms with E-state index < -0.39 is 27.0 Å². The second-order valence-corrected chi connectivity index (χ2v) is 11.4. The van der Waals surface area contributed by atoms with E-state index in [1.54, 1.807) is 0 Å². The monoisotopic (exact) mass is 635 g/mol. The third kappa shape index (κ3) is 9.18. The predicted molar refractivity (Wildman–Crippen MR) is 150 cm³/mol. The maximum atomic E-state index is 12.7. The molecule has 8 heteroatoms. The summed E-state index contributed by atoms with van der Waals surface area (Å²) >= 11 is 0. The summed E-state index contributed by atoms with van der Waals surface area (Å²) in [6.07, 6.45) is 0. The Morgan fingerprint density at radius 2 is 1.16 bits per heavy atom. The topological polar surface area (TPSA) is 91.3 Å². The Morgan fingerprint density at radius 1 is 0.737 bits per heavy atom. The SMILES string of the molecule is Cc1cc(C)cc(C)c1.N[C@H](c1ccccc1)[C@H]([N-]C(=O)c1ccc(S(=O)(=O)Cl)cc1)c1ccccc1.[Ru+]. The normalized spacial score (nSPS) is 12.2. The summed E-state index contributed by atoms with van der Waals surface area (Å²) in [5, 5.41) is 4.34. The first-order chi connectivity index (χ1) is 17.5. The molecule has 4 aromatic carbocycles. The van der Waals surface area contributed by atoms with Gasteiger partial charge in [-0.2, -0.15) is 0 Å². The van der Waals surface area contributed by atoms with Crippen LogP contribution in [-0.2, 0) is 28.5 Å². The molecule has 0 aromatic heterocycles. The summed E-state index contributed by atoms with van der Waals surface area (Å²) in [7, 11) is 1.46. The van der Waals surface area contributed by atoms with Gasteiger partial charge in [-0.1, -0.05) is 119 Å². The Labute approximate surface area is 242 Å². The Kier molecular flexibility index (Phi) is 11.9. The Morgan fingerprint density at radius 3 is 1.58 bits per heavy atom. The van der Waals surface area contributed by atoms with Crippen molar-refractivity contribution in [3.63, 3.8) is 0 Å². The van der Waals surface area contributed by atoms with Crippen LogP contribution in [0.2, 0.25) is 0 Å². The molecule has 0 fully saturated rings. The molecule has 0 aliphatic carbocycles. The first-order valence-electron chi connectivity index (χ1n) is 11.7. The number of rotatable bonds is 6. The third-order valence-corrected chi connectivity index (χ3v) is 7.04. The van der Waals surface area contributed by atoms with Gasteiger partial charge in [-0.25, -0.2) is 8.42 Å². The molecule has 0 saturated carbocycles. The van der Waals surface area contributed by atoms with Gasteiger partial charge in [0, 0.05) is 16.7 Å². The van der Waals surface area contributed by atoms with Gasteiger partial charge in [0.2, 0.25) is 0 Å². The molecule has 5 nitrogen and oxygen atoms in total. The van der Waals surface area contributed by atoms with Gasteiger partial charge in [-0.3, -0.25) is 0 Å². The molecule has 4 aromatic rings. The van der Waals surface area contributed by atoms with E-state index in [2.05, 4.69) is 44.3 Å². The molecular weight excluding hydrogens is 605 g/mol. The molecule has 38 heavy (non-hydrogen) atoms. The zero-order valence-electron chi connectivity index (χ0n) is 21.4. The molecule has 0 bridgehead atoms. The van der Waals surface area contributed by atoms with Crippen LogP contribution in [0, 0.1) is 20.8 Å². The molecule has 0 heterocycles. The first-order valence-corrected chi connectivity index (χ1v) is 14.1. The number of carbonyl (C=O) groups excluding carboxylic acids is 1. The van der Waals surface area contributed by atoms with E-state index in [1.807, 2.05) is 60.7 Å². The molecule has 0 unspecified atom stereocenters. The fraction of sp³-hybridized carbons (Fsp3) is 0.167.